The molecule has 2 aliphatic heterocycles. The molecule has 13 nitrogen and oxygen atoms in total. The fourth-order valence-corrected chi connectivity index (χ4v) is 7.55. The van der Waals surface area contributed by atoms with Crippen LogP contribution in [0.5, 0.6) is 11.5 Å². The number of benzene rings is 3. The van der Waals surface area contributed by atoms with E-state index in [4.69, 9.17) is 53.6 Å². The summed E-state index contributed by atoms with van der Waals surface area (Å²) in [5.41, 5.74) is 19.3. The summed E-state index contributed by atoms with van der Waals surface area (Å²) in [6.07, 6.45) is 8.23. The minimum atomic E-state index is 0.394. The summed E-state index contributed by atoms with van der Waals surface area (Å²) < 4.78 is 44.8. The van der Waals surface area contributed by atoms with Crippen LogP contribution in [0.4, 0.5) is 5.69 Å². The summed E-state index contributed by atoms with van der Waals surface area (Å²) in [5.74, 6) is 1.45. The molecule has 0 saturated carbocycles. The highest BCUT2D eigenvalue weighted by molar-refractivity contribution is 5.97. The second-order valence-electron chi connectivity index (χ2n) is 15.2. The highest BCUT2D eigenvalue weighted by atomic mass is 16.6. The van der Waals surface area contributed by atoms with Crippen LogP contribution in [0.2, 0.25) is 0 Å². The number of nitrogens with zero attached hydrogens (tertiary/aromatic N) is 2. The zero-order valence-corrected chi connectivity index (χ0v) is 36.8. The van der Waals surface area contributed by atoms with Gasteiger partial charge in [-0.25, -0.2) is 9.97 Å². The second kappa shape index (κ2) is 22.9. The van der Waals surface area contributed by atoms with Gasteiger partial charge in [-0.15, -0.1) is 0 Å². The second-order valence-corrected chi connectivity index (χ2v) is 15.2. The molecule has 8 rings (SSSR count). The average Bonchev–Trinajstić information content (AvgIpc) is 4.17. The van der Waals surface area contributed by atoms with Crippen LogP contribution in [0, 0.1) is 0 Å². The number of hydrogen-bond acceptors (Lipinski definition) is 11. The van der Waals surface area contributed by atoms with E-state index >= 15 is 0 Å². The van der Waals surface area contributed by atoms with Gasteiger partial charge in [0.15, 0.2) is 0 Å². The number of H-pyrrole nitrogens is 2. The van der Waals surface area contributed by atoms with Crippen molar-refractivity contribution in [1.29, 1.82) is 0 Å². The van der Waals surface area contributed by atoms with Crippen LogP contribution in [0.3, 0.4) is 0 Å². The Morgan fingerprint density at radius 3 is 1.45 bits per heavy atom. The molecule has 0 spiro atoms. The third-order valence-electron chi connectivity index (χ3n) is 10.6. The molecule has 3 aromatic carbocycles. The Bertz CT molecular complexity index is 2680. The average molecular weight is 878 g/mol. The summed E-state index contributed by atoms with van der Waals surface area (Å²) in [6.45, 7) is 5.82. The number of hydrogen-bond donors (Lipinski definition) is 3. The first-order valence-corrected chi connectivity index (χ1v) is 21.8. The maximum Gasteiger partial charge on any atom is 0.120 e. The van der Waals surface area contributed by atoms with E-state index in [1.807, 2.05) is 66.7 Å². The number of methoxy groups -OCH3 is 2. The van der Waals surface area contributed by atoms with Crippen LogP contribution >= 0.6 is 0 Å². The third-order valence-corrected chi connectivity index (χ3v) is 10.6. The Morgan fingerprint density at radius 2 is 0.892 bits per heavy atom. The van der Waals surface area contributed by atoms with Gasteiger partial charge < -0.3 is 53.6 Å². The number of nitrogen functional groups attached to an aromatic ring is 1. The summed E-state index contributed by atoms with van der Waals surface area (Å²) in [5, 5.41) is 0. The standard InChI is InChI=1S/C52H55N5O8/c1-58-21-23-60-25-27-62-29-31-64-42-7-3-5-37(33-42)51-44-15-13-40(54-44)35-41-14-16-45(55-41)52(38-6-4-8-43(34-38)65-32-30-63-28-26-61-24-22-59-2)49-20-18-47(57-49)50(46-17-19-48(51)56-46)36-9-11-39(53)12-10-36/h3-20,33-35,54,57H,21-32,53H2,1-2H3. The van der Waals surface area contributed by atoms with Crippen molar-refractivity contribution >= 4 is 52.1 Å². The number of nitrogens with one attached hydrogen (secondary N) is 2. The molecule has 2 aliphatic rings. The quantitative estimate of drug-likeness (QED) is 0.0416. The van der Waals surface area contributed by atoms with Crippen molar-refractivity contribution in [3.05, 3.63) is 126 Å². The molecule has 3 aromatic heterocycles. The Morgan fingerprint density at radius 1 is 0.431 bits per heavy atom. The Labute approximate surface area is 378 Å². The summed E-state index contributed by atoms with van der Waals surface area (Å²) >= 11 is 0. The SMILES string of the molecule is COCCOCCOCCOc1cccc(-c2c3nc(c(-c4ccc(N)cc4)c4ccc([nH]4)c(-c4cccc(OCCOCCOCCOC)c4)c4nc(cc5ccc2[nH]5)C=C4)C=C3)c1. The van der Waals surface area contributed by atoms with Gasteiger partial charge in [-0.05, 0) is 108 Å². The van der Waals surface area contributed by atoms with Crippen molar-refractivity contribution in [3.63, 3.8) is 0 Å². The molecule has 13 heteroatoms. The zero-order chi connectivity index (χ0) is 44.6. The molecule has 336 valence electrons. The minimum Gasteiger partial charge on any atom is -0.491 e. The fourth-order valence-electron chi connectivity index (χ4n) is 7.55. The van der Waals surface area contributed by atoms with Gasteiger partial charge in [-0.3, -0.25) is 0 Å². The van der Waals surface area contributed by atoms with E-state index in [1.54, 1.807) is 14.2 Å². The first kappa shape index (κ1) is 45.0. The number of nitrogens with two attached hydrogens (primary N) is 1. The molecule has 8 bridgehead atoms. The van der Waals surface area contributed by atoms with Crippen LogP contribution in [0.1, 0.15) is 22.8 Å². The first-order chi connectivity index (χ1) is 32.1. The van der Waals surface area contributed by atoms with E-state index in [0.29, 0.717) is 85.0 Å². The van der Waals surface area contributed by atoms with Crippen molar-refractivity contribution in [2.24, 2.45) is 0 Å². The summed E-state index contributed by atoms with van der Waals surface area (Å²) in [7, 11) is 3.31. The molecule has 0 unspecified atom stereocenters. The minimum absolute atomic E-state index is 0.394. The van der Waals surface area contributed by atoms with E-state index < -0.39 is 0 Å². The molecule has 0 fully saturated rings. The van der Waals surface area contributed by atoms with Crippen LogP contribution in [-0.4, -0.2) is 113 Å². The van der Waals surface area contributed by atoms with Gasteiger partial charge in [0.1, 0.15) is 24.7 Å². The van der Waals surface area contributed by atoms with E-state index in [1.165, 1.54) is 0 Å². The fraction of sp³-hybridized carbons (Fsp3) is 0.269. The maximum atomic E-state index is 6.21. The smallest absolute Gasteiger partial charge is 0.120 e. The van der Waals surface area contributed by atoms with Crippen LogP contribution in [0.15, 0.2) is 103 Å². The van der Waals surface area contributed by atoms with Crippen LogP contribution < -0.4 is 15.2 Å². The van der Waals surface area contributed by atoms with Gasteiger partial charge in [0, 0.05) is 58.7 Å². The zero-order valence-electron chi connectivity index (χ0n) is 36.8. The monoisotopic (exact) mass is 877 g/mol. The molecule has 0 radical (unpaired) electrons. The van der Waals surface area contributed by atoms with E-state index in [-0.39, 0.29) is 0 Å². The lowest BCUT2D eigenvalue weighted by Crippen LogP contribution is -2.12. The number of fused-ring (bicyclic) bond motifs is 8. The number of aromatic nitrogens is 4. The highest BCUT2D eigenvalue weighted by Gasteiger charge is 2.18. The van der Waals surface area contributed by atoms with Gasteiger partial charge in [0.25, 0.3) is 0 Å². The molecule has 0 amide bonds. The normalized spacial score (nSPS) is 12.0. The summed E-state index contributed by atoms with van der Waals surface area (Å²) in [6, 6.07) is 34.4. The predicted octanol–water partition coefficient (Wildman–Crippen LogP) is 9.36. The molecular weight excluding hydrogens is 823 g/mol. The van der Waals surface area contributed by atoms with Gasteiger partial charge >= 0.3 is 0 Å². The molecule has 4 N–H and O–H groups in total. The maximum absolute atomic E-state index is 6.21. The lowest BCUT2D eigenvalue weighted by atomic mass is 10.0. The molecule has 0 atom stereocenters. The van der Waals surface area contributed by atoms with Gasteiger partial charge in [0.2, 0.25) is 0 Å². The number of ether oxygens (including phenoxy) is 8. The van der Waals surface area contributed by atoms with Crippen LogP contribution in [-0.2, 0) is 28.4 Å². The third kappa shape index (κ3) is 12.0. The summed E-state index contributed by atoms with van der Waals surface area (Å²) in [4.78, 5) is 18.0. The van der Waals surface area contributed by atoms with Gasteiger partial charge in [-0.2, -0.15) is 0 Å². The van der Waals surface area contributed by atoms with Gasteiger partial charge in [0.05, 0.1) is 88.8 Å². The van der Waals surface area contributed by atoms with E-state index in [0.717, 1.165) is 89.7 Å². The van der Waals surface area contributed by atoms with Crippen molar-refractivity contribution < 1.29 is 37.9 Å². The van der Waals surface area contributed by atoms with Crippen molar-refractivity contribution in [2.75, 3.05) is 99.2 Å². The van der Waals surface area contributed by atoms with E-state index in [9.17, 15) is 0 Å². The predicted molar refractivity (Wildman–Crippen MR) is 258 cm³/mol. The lowest BCUT2D eigenvalue weighted by molar-refractivity contribution is 0.0180. The number of aromatic amines is 2. The van der Waals surface area contributed by atoms with Crippen molar-refractivity contribution in [3.8, 4) is 44.9 Å². The van der Waals surface area contributed by atoms with Crippen LogP contribution in [0.25, 0.3) is 79.8 Å². The van der Waals surface area contributed by atoms with E-state index in [2.05, 4.69) is 70.7 Å². The molecule has 5 heterocycles. The Kier molecular flexibility index (Phi) is 15.8. The van der Waals surface area contributed by atoms with Crippen molar-refractivity contribution in [2.45, 2.75) is 0 Å². The van der Waals surface area contributed by atoms with Gasteiger partial charge in [-0.1, -0.05) is 36.4 Å². The molecular formula is C52H55N5O8. The molecule has 65 heavy (non-hydrogen) atoms. The van der Waals surface area contributed by atoms with Crippen molar-refractivity contribution in [1.82, 2.24) is 19.9 Å². The molecule has 0 aliphatic carbocycles. The highest BCUT2D eigenvalue weighted by Crippen LogP contribution is 2.37. The number of rotatable bonds is 23. The Balaban J connectivity index is 1.17. The number of anilines is 1. The molecule has 0 saturated heterocycles. The Hall–Kier alpha value is -6.58. The largest absolute Gasteiger partial charge is 0.491 e. The topological polar surface area (TPSA) is 157 Å². The molecule has 6 aromatic rings. The first-order valence-electron chi connectivity index (χ1n) is 21.8. The lowest BCUT2D eigenvalue weighted by Gasteiger charge is -2.10.